The normalized spacial score (nSPS) is 12.4. The molecule has 34 heavy (non-hydrogen) atoms. The molecule has 1 amide bonds. The Morgan fingerprint density at radius 1 is 1.15 bits per heavy atom. The van der Waals surface area contributed by atoms with Gasteiger partial charge in [-0.05, 0) is 36.4 Å². The van der Waals surface area contributed by atoms with Gasteiger partial charge in [-0.2, -0.15) is 18.4 Å². The van der Waals surface area contributed by atoms with Crippen molar-refractivity contribution in [3.8, 4) is 28.8 Å². The maximum absolute atomic E-state index is 13.7. The molecular weight excluding hydrogens is 514 g/mol. The minimum atomic E-state index is -4.83. The van der Waals surface area contributed by atoms with Crippen LogP contribution < -0.4 is 14.8 Å². The highest BCUT2D eigenvalue weighted by Gasteiger charge is 2.36. The monoisotopic (exact) mass is 525 g/mol. The molecule has 4 rings (SSSR count). The largest absolute Gasteiger partial charge is 0.454 e. The molecule has 0 saturated carbocycles. The molecule has 0 radical (unpaired) electrons. The molecule has 3 aromatic rings. The molecule has 0 atom stereocenters. The molecule has 0 spiro atoms. The lowest BCUT2D eigenvalue weighted by Gasteiger charge is -2.15. The number of carbonyl (C=O) groups excluding carboxylic acids is 1. The molecule has 2 aromatic carbocycles. The third-order valence-corrected chi connectivity index (χ3v) is 6.13. The Bertz CT molecular complexity index is 1330. The van der Waals surface area contributed by atoms with Crippen molar-refractivity contribution >= 4 is 46.6 Å². The van der Waals surface area contributed by atoms with Gasteiger partial charge in [0, 0.05) is 22.3 Å². The third-order valence-electron chi connectivity index (χ3n) is 4.61. The quantitative estimate of drug-likeness (QED) is 0.387. The first-order chi connectivity index (χ1) is 16.2. The fraction of sp³-hybridized carbons (Fsp3) is 0.136. The van der Waals surface area contributed by atoms with Crippen molar-refractivity contribution in [3.63, 3.8) is 0 Å². The number of thioether (sulfide) groups is 1. The van der Waals surface area contributed by atoms with Gasteiger partial charge < -0.3 is 14.8 Å². The van der Waals surface area contributed by atoms with Crippen LogP contribution in [-0.4, -0.2) is 23.4 Å². The molecule has 2 heterocycles. The number of nitriles is 1. The van der Waals surface area contributed by atoms with Crippen LogP contribution in [0.1, 0.15) is 11.1 Å². The second-order valence-electron chi connectivity index (χ2n) is 6.87. The number of anilines is 1. The van der Waals surface area contributed by atoms with Gasteiger partial charge in [-0.1, -0.05) is 35.0 Å². The number of rotatable bonds is 5. The van der Waals surface area contributed by atoms with Gasteiger partial charge in [0.1, 0.15) is 11.1 Å². The maximum atomic E-state index is 13.7. The lowest BCUT2D eigenvalue weighted by molar-refractivity contribution is -0.138. The van der Waals surface area contributed by atoms with E-state index in [0.29, 0.717) is 34.0 Å². The average Bonchev–Trinajstić information content (AvgIpc) is 3.24. The summed E-state index contributed by atoms with van der Waals surface area (Å²) < 4.78 is 51.6. The zero-order chi connectivity index (χ0) is 24.5. The SMILES string of the molecule is N#Cc1c(C(F)(F)F)cc(-c2ccc(Cl)cc2Cl)nc1SCC(=O)Nc1ccc2c(c1)OCO2. The van der Waals surface area contributed by atoms with Crippen LogP contribution in [0.15, 0.2) is 47.5 Å². The van der Waals surface area contributed by atoms with Gasteiger partial charge in [0.15, 0.2) is 11.5 Å². The third kappa shape index (κ3) is 5.17. The number of carbonyl (C=O) groups is 1. The summed E-state index contributed by atoms with van der Waals surface area (Å²) in [6.07, 6.45) is -4.83. The summed E-state index contributed by atoms with van der Waals surface area (Å²) in [7, 11) is 0. The molecule has 0 saturated heterocycles. The second-order valence-corrected chi connectivity index (χ2v) is 8.68. The first-order valence-electron chi connectivity index (χ1n) is 9.46. The maximum Gasteiger partial charge on any atom is 0.417 e. The van der Waals surface area contributed by atoms with E-state index >= 15 is 0 Å². The van der Waals surface area contributed by atoms with Crippen LogP contribution >= 0.6 is 35.0 Å². The van der Waals surface area contributed by atoms with Gasteiger partial charge in [-0.3, -0.25) is 4.79 Å². The number of hydrogen-bond donors (Lipinski definition) is 1. The van der Waals surface area contributed by atoms with Gasteiger partial charge in [-0.15, -0.1) is 0 Å². The number of amides is 1. The van der Waals surface area contributed by atoms with Crippen molar-refractivity contribution < 1.29 is 27.4 Å². The van der Waals surface area contributed by atoms with Gasteiger partial charge in [0.05, 0.1) is 27.6 Å². The highest BCUT2D eigenvalue weighted by atomic mass is 35.5. The minimum Gasteiger partial charge on any atom is -0.454 e. The Labute approximate surface area is 205 Å². The van der Waals surface area contributed by atoms with Crippen LogP contribution in [0.25, 0.3) is 11.3 Å². The first kappa shape index (κ1) is 24.0. The van der Waals surface area contributed by atoms with Gasteiger partial charge in [-0.25, -0.2) is 4.98 Å². The molecule has 1 N–H and O–H groups in total. The van der Waals surface area contributed by atoms with Gasteiger partial charge >= 0.3 is 6.18 Å². The smallest absolute Gasteiger partial charge is 0.417 e. The minimum absolute atomic E-state index is 0.0701. The fourth-order valence-corrected chi connectivity index (χ4v) is 4.41. The Kier molecular flexibility index (Phi) is 6.79. The summed E-state index contributed by atoms with van der Waals surface area (Å²) in [6, 6.07) is 11.4. The highest BCUT2D eigenvalue weighted by Crippen LogP contribution is 2.40. The topological polar surface area (TPSA) is 84.2 Å². The number of alkyl halides is 3. The van der Waals surface area contributed by atoms with Crippen LogP contribution in [0.4, 0.5) is 18.9 Å². The summed E-state index contributed by atoms with van der Waals surface area (Å²) in [5, 5.41) is 12.2. The van der Waals surface area contributed by atoms with Crippen LogP contribution in [0.2, 0.25) is 10.0 Å². The molecule has 0 aliphatic carbocycles. The van der Waals surface area contributed by atoms with E-state index in [1.165, 1.54) is 18.2 Å². The highest BCUT2D eigenvalue weighted by molar-refractivity contribution is 8.00. The molecule has 174 valence electrons. The zero-order valence-electron chi connectivity index (χ0n) is 16.9. The number of aromatic nitrogens is 1. The van der Waals surface area contributed by atoms with E-state index < -0.39 is 23.2 Å². The summed E-state index contributed by atoms with van der Waals surface area (Å²) in [5.41, 5.74) is -1.34. The van der Waals surface area contributed by atoms with Crippen molar-refractivity contribution in [2.45, 2.75) is 11.2 Å². The Hall–Kier alpha value is -3.13. The number of nitrogens with zero attached hydrogens (tertiary/aromatic N) is 2. The first-order valence-corrected chi connectivity index (χ1v) is 11.2. The molecule has 0 unspecified atom stereocenters. The lowest BCUT2D eigenvalue weighted by atomic mass is 10.1. The molecule has 1 aliphatic heterocycles. The molecule has 0 bridgehead atoms. The van der Waals surface area contributed by atoms with Crippen molar-refractivity contribution in [2.75, 3.05) is 17.9 Å². The molecule has 1 aromatic heterocycles. The number of halogens is 5. The summed E-state index contributed by atoms with van der Waals surface area (Å²) >= 11 is 12.7. The summed E-state index contributed by atoms with van der Waals surface area (Å²) in [6.45, 7) is 0.0701. The van der Waals surface area contributed by atoms with Crippen molar-refractivity contribution in [3.05, 3.63) is 63.6 Å². The number of nitrogens with one attached hydrogen (secondary N) is 1. The zero-order valence-corrected chi connectivity index (χ0v) is 19.2. The standard InChI is InChI=1S/C22H12Cl2F3N3O3S/c23-11-1-3-13(16(24)5-11)17-7-15(22(25,26)27)14(8-28)21(30-17)34-9-20(31)29-12-2-4-18-19(6-12)33-10-32-18/h1-7H,9-10H2,(H,29,31). The van der Waals surface area contributed by atoms with E-state index in [1.54, 1.807) is 24.3 Å². The summed E-state index contributed by atoms with van der Waals surface area (Å²) in [5.74, 6) is 0.178. The fourth-order valence-electron chi connectivity index (χ4n) is 3.10. The molecule has 0 fully saturated rings. The lowest BCUT2D eigenvalue weighted by Crippen LogP contribution is -2.15. The van der Waals surface area contributed by atoms with Crippen LogP contribution in [-0.2, 0) is 11.0 Å². The van der Waals surface area contributed by atoms with Crippen LogP contribution in [0.5, 0.6) is 11.5 Å². The number of fused-ring (bicyclic) bond motifs is 1. The van der Waals surface area contributed by atoms with Crippen LogP contribution in [0.3, 0.4) is 0 Å². The molecule has 12 heteroatoms. The predicted octanol–water partition coefficient (Wildman–Crippen LogP) is 6.41. The molecular formula is C22H12Cl2F3N3O3S. The van der Waals surface area contributed by atoms with Crippen molar-refractivity contribution in [1.82, 2.24) is 4.98 Å². The van der Waals surface area contributed by atoms with E-state index in [1.807, 2.05) is 0 Å². The number of hydrogen-bond acceptors (Lipinski definition) is 6. The Morgan fingerprint density at radius 3 is 2.62 bits per heavy atom. The number of ether oxygens (including phenoxy) is 2. The molecule has 1 aliphatic rings. The number of benzene rings is 2. The van der Waals surface area contributed by atoms with Crippen molar-refractivity contribution in [2.24, 2.45) is 0 Å². The van der Waals surface area contributed by atoms with Gasteiger partial charge in [0.2, 0.25) is 12.7 Å². The van der Waals surface area contributed by atoms with Crippen LogP contribution in [0, 0.1) is 11.3 Å². The molecule has 6 nitrogen and oxygen atoms in total. The van der Waals surface area contributed by atoms with E-state index in [-0.39, 0.29) is 33.9 Å². The van der Waals surface area contributed by atoms with E-state index in [4.69, 9.17) is 32.7 Å². The Morgan fingerprint density at radius 2 is 1.91 bits per heavy atom. The van der Waals surface area contributed by atoms with Gasteiger partial charge in [0.25, 0.3) is 0 Å². The Balaban J connectivity index is 1.62. The van der Waals surface area contributed by atoms with E-state index in [0.717, 1.165) is 6.07 Å². The van der Waals surface area contributed by atoms with E-state index in [2.05, 4.69) is 10.3 Å². The van der Waals surface area contributed by atoms with E-state index in [9.17, 15) is 23.2 Å². The van der Waals surface area contributed by atoms with Crippen molar-refractivity contribution in [1.29, 1.82) is 5.26 Å². The summed E-state index contributed by atoms with van der Waals surface area (Å²) in [4.78, 5) is 16.6. The number of pyridine rings is 1. The predicted molar refractivity (Wildman–Crippen MR) is 121 cm³/mol. The second kappa shape index (κ2) is 9.62. The average molecular weight is 526 g/mol.